The molecule has 0 rings (SSSR count). The van der Waals surface area contributed by atoms with E-state index in [0.717, 1.165) is 19.3 Å². The average Bonchev–Trinajstić information content (AvgIpc) is 2.45. The van der Waals surface area contributed by atoms with Gasteiger partial charge in [0.05, 0.1) is 0 Å². The van der Waals surface area contributed by atoms with Crippen LogP contribution in [0.4, 0.5) is 0 Å². The second-order valence-electron chi connectivity index (χ2n) is 5.94. The summed E-state index contributed by atoms with van der Waals surface area (Å²) in [6, 6.07) is 0. The lowest BCUT2D eigenvalue weighted by Gasteiger charge is -2.00. The van der Waals surface area contributed by atoms with Gasteiger partial charge in [-0.05, 0) is 25.3 Å². The maximum Gasteiger partial charge on any atom is 0.155 e. The lowest BCUT2D eigenvalue weighted by Crippen LogP contribution is -1.92. The van der Waals surface area contributed by atoms with Crippen LogP contribution in [0.2, 0.25) is 0 Å². The standard InChI is InChI=1S/C19H36O/c1-3-5-7-9-11-12-14-16-18-19(20)17-15-13-10-8-6-4-2/h15,17H,3-14,16,18H2,1-2H3. The van der Waals surface area contributed by atoms with Crippen LogP contribution in [0, 0.1) is 0 Å². The molecule has 0 aromatic heterocycles. The lowest BCUT2D eigenvalue weighted by molar-refractivity contribution is -0.114. The van der Waals surface area contributed by atoms with E-state index >= 15 is 0 Å². The molecule has 0 N–H and O–H groups in total. The first kappa shape index (κ1) is 19.4. The van der Waals surface area contributed by atoms with Crippen LogP contribution < -0.4 is 0 Å². The van der Waals surface area contributed by atoms with Gasteiger partial charge in [-0.3, -0.25) is 4.79 Å². The minimum Gasteiger partial charge on any atom is -0.295 e. The lowest BCUT2D eigenvalue weighted by atomic mass is 10.1. The molecule has 0 heterocycles. The maximum atomic E-state index is 11.6. The number of ketones is 1. The summed E-state index contributed by atoms with van der Waals surface area (Å²) in [6.07, 6.45) is 21.2. The molecule has 0 aromatic rings. The number of hydrogen-bond donors (Lipinski definition) is 0. The molecule has 0 atom stereocenters. The van der Waals surface area contributed by atoms with Crippen molar-refractivity contribution in [3.63, 3.8) is 0 Å². The van der Waals surface area contributed by atoms with Crippen LogP contribution in [0.3, 0.4) is 0 Å². The van der Waals surface area contributed by atoms with Gasteiger partial charge in [-0.25, -0.2) is 0 Å². The van der Waals surface area contributed by atoms with Crippen molar-refractivity contribution in [3.05, 3.63) is 12.2 Å². The van der Waals surface area contributed by atoms with Crippen molar-refractivity contribution in [1.29, 1.82) is 0 Å². The van der Waals surface area contributed by atoms with E-state index < -0.39 is 0 Å². The second kappa shape index (κ2) is 16.5. The third-order valence-corrected chi connectivity index (χ3v) is 3.80. The molecule has 0 saturated carbocycles. The van der Waals surface area contributed by atoms with Crippen LogP contribution in [0.25, 0.3) is 0 Å². The van der Waals surface area contributed by atoms with Gasteiger partial charge in [0.2, 0.25) is 0 Å². The highest BCUT2D eigenvalue weighted by molar-refractivity contribution is 5.89. The van der Waals surface area contributed by atoms with E-state index in [-0.39, 0.29) is 0 Å². The molecule has 0 aliphatic heterocycles. The molecule has 0 saturated heterocycles. The summed E-state index contributed by atoms with van der Waals surface area (Å²) in [5, 5.41) is 0. The van der Waals surface area contributed by atoms with Crippen LogP contribution in [0.15, 0.2) is 12.2 Å². The highest BCUT2D eigenvalue weighted by Crippen LogP contribution is 2.10. The Morgan fingerprint density at radius 2 is 1.20 bits per heavy atom. The van der Waals surface area contributed by atoms with E-state index in [1.165, 1.54) is 70.6 Å². The molecule has 0 bridgehead atoms. The summed E-state index contributed by atoms with van der Waals surface area (Å²) in [7, 11) is 0. The molecule has 0 aliphatic carbocycles. The van der Waals surface area contributed by atoms with E-state index in [4.69, 9.17) is 0 Å². The summed E-state index contributed by atoms with van der Waals surface area (Å²) in [5.41, 5.74) is 0. The SMILES string of the molecule is CCCCCCC=CC(=O)CCCCCCCCCC. The quantitative estimate of drug-likeness (QED) is 0.243. The molecule has 0 radical (unpaired) electrons. The van der Waals surface area contributed by atoms with Crippen LogP contribution in [-0.2, 0) is 4.79 Å². The highest BCUT2D eigenvalue weighted by Gasteiger charge is 1.97. The van der Waals surface area contributed by atoms with Gasteiger partial charge >= 0.3 is 0 Å². The molecular formula is C19H36O. The summed E-state index contributed by atoms with van der Waals surface area (Å²) in [4.78, 5) is 11.6. The Morgan fingerprint density at radius 3 is 1.80 bits per heavy atom. The summed E-state index contributed by atoms with van der Waals surface area (Å²) >= 11 is 0. The van der Waals surface area contributed by atoms with Gasteiger partial charge < -0.3 is 0 Å². The Hall–Kier alpha value is -0.590. The van der Waals surface area contributed by atoms with Crippen molar-refractivity contribution in [2.45, 2.75) is 104 Å². The minimum atomic E-state index is 0.325. The average molecular weight is 280 g/mol. The minimum absolute atomic E-state index is 0.325. The van der Waals surface area contributed by atoms with Crippen molar-refractivity contribution in [2.75, 3.05) is 0 Å². The smallest absolute Gasteiger partial charge is 0.155 e. The van der Waals surface area contributed by atoms with Crippen LogP contribution >= 0.6 is 0 Å². The van der Waals surface area contributed by atoms with Crippen molar-refractivity contribution >= 4 is 5.78 Å². The third-order valence-electron chi connectivity index (χ3n) is 3.80. The van der Waals surface area contributed by atoms with Crippen molar-refractivity contribution in [1.82, 2.24) is 0 Å². The molecule has 0 aromatic carbocycles. The Balaban J connectivity index is 3.25. The van der Waals surface area contributed by atoms with Gasteiger partial charge in [0.1, 0.15) is 0 Å². The molecule has 0 fully saturated rings. The fourth-order valence-electron chi connectivity index (χ4n) is 2.42. The molecule has 1 heteroatoms. The van der Waals surface area contributed by atoms with E-state index in [2.05, 4.69) is 19.9 Å². The number of hydrogen-bond acceptors (Lipinski definition) is 1. The topological polar surface area (TPSA) is 17.1 Å². The number of rotatable bonds is 15. The van der Waals surface area contributed by atoms with Crippen LogP contribution in [-0.4, -0.2) is 5.78 Å². The predicted octanol–water partition coefficient (Wildman–Crippen LogP) is 6.61. The molecule has 0 unspecified atom stereocenters. The molecule has 1 nitrogen and oxygen atoms in total. The number of allylic oxidation sites excluding steroid dienone is 2. The Bertz CT molecular complexity index is 230. The summed E-state index contributed by atoms with van der Waals surface area (Å²) < 4.78 is 0. The summed E-state index contributed by atoms with van der Waals surface area (Å²) in [5.74, 6) is 0.325. The van der Waals surface area contributed by atoms with Crippen molar-refractivity contribution < 1.29 is 4.79 Å². The molecular weight excluding hydrogens is 244 g/mol. The zero-order chi connectivity index (χ0) is 14.9. The van der Waals surface area contributed by atoms with Gasteiger partial charge in [-0.1, -0.05) is 84.1 Å². The van der Waals surface area contributed by atoms with E-state index in [9.17, 15) is 4.79 Å². The highest BCUT2D eigenvalue weighted by atomic mass is 16.1. The van der Waals surface area contributed by atoms with Gasteiger partial charge in [0, 0.05) is 6.42 Å². The number of carbonyl (C=O) groups is 1. The fourth-order valence-corrected chi connectivity index (χ4v) is 2.42. The molecule has 0 amide bonds. The number of carbonyl (C=O) groups excluding carboxylic acids is 1. The summed E-state index contributed by atoms with van der Waals surface area (Å²) in [6.45, 7) is 4.48. The molecule has 20 heavy (non-hydrogen) atoms. The van der Waals surface area contributed by atoms with Gasteiger partial charge in [-0.15, -0.1) is 0 Å². The Kier molecular flexibility index (Phi) is 16.0. The Morgan fingerprint density at radius 1 is 0.700 bits per heavy atom. The van der Waals surface area contributed by atoms with Crippen molar-refractivity contribution in [3.8, 4) is 0 Å². The van der Waals surface area contributed by atoms with Crippen LogP contribution in [0.1, 0.15) is 104 Å². The van der Waals surface area contributed by atoms with E-state index in [1.54, 1.807) is 0 Å². The predicted molar refractivity (Wildman–Crippen MR) is 90.1 cm³/mol. The monoisotopic (exact) mass is 280 g/mol. The second-order valence-corrected chi connectivity index (χ2v) is 5.94. The van der Waals surface area contributed by atoms with Gasteiger partial charge in [0.15, 0.2) is 5.78 Å². The first-order valence-electron chi connectivity index (χ1n) is 9.00. The molecule has 118 valence electrons. The zero-order valence-corrected chi connectivity index (χ0v) is 14.0. The third kappa shape index (κ3) is 15.5. The van der Waals surface area contributed by atoms with Gasteiger partial charge in [-0.2, -0.15) is 0 Å². The first-order chi connectivity index (χ1) is 9.81. The maximum absolute atomic E-state index is 11.6. The largest absolute Gasteiger partial charge is 0.295 e. The molecule has 0 spiro atoms. The molecule has 0 aliphatic rings. The van der Waals surface area contributed by atoms with Crippen molar-refractivity contribution in [2.24, 2.45) is 0 Å². The number of unbranched alkanes of at least 4 members (excludes halogenated alkanes) is 11. The Labute approximate surface area is 127 Å². The fraction of sp³-hybridized carbons (Fsp3) is 0.842. The first-order valence-corrected chi connectivity index (χ1v) is 9.00. The zero-order valence-electron chi connectivity index (χ0n) is 14.0. The van der Waals surface area contributed by atoms with Crippen LogP contribution in [0.5, 0.6) is 0 Å². The normalized spacial score (nSPS) is 11.3. The van der Waals surface area contributed by atoms with E-state index in [1.807, 2.05) is 6.08 Å². The van der Waals surface area contributed by atoms with E-state index in [0.29, 0.717) is 5.78 Å². The van der Waals surface area contributed by atoms with Gasteiger partial charge in [0.25, 0.3) is 0 Å².